The Balaban J connectivity index is 0. The van der Waals surface area contributed by atoms with Crippen molar-refractivity contribution in [3.8, 4) is 0 Å². The van der Waals surface area contributed by atoms with Crippen LogP contribution in [-0.2, 0) is 14.7 Å². The Labute approximate surface area is 63.6 Å². The van der Waals surface area contributed by atoms with Gasteiger partial charge in [0, 0.05) is 29.6 Å². The molecule has 0 heterocycles. The first-order valence-electron chi connectivity index (χ1n) is 1.06. The Bertz CT molecular complexity index is 117. The summed E-state index contributed by atoms with van der Waals surface area (Å²) in [6, 6.07) is 0. The molecule has 0 N–H and O–H groups in total. The maximum atomic E-state index is 10.9. The van der Waals surface area contributed by atoms with E-state index in [4.69, 9.17) is 8.42 Å². The van der Waals surface area contributed by atoms with E-state index in [9.17, 15) is 3.89 Å². The molecule has 0 aliphatic rings. The van der Waals surface area contributed by atoms with Crippen molar-refractivity contribution in [2.75, 3.05) is 7.11 Å². The van der Waals surface area contributed by atoms with Crippen molar-refractivity contribution < 1.29 is 16.5 Å². The largest absolute Gasteiger partial charge is 0.437 e. The van der Waals surface area contributed by atoms with Crippen molar-refractivity contribution in [3.63, 3.8) is 0 Å². The number of hydrogen-bond donors (Lipinski definition) is 0. The first kappa shape index (κ1) is 10.8. The molecule has 0 saturated heterocycles. The standard InChI is InChI=1S/CH3FO3S.Na/c1-5-6(2,3)4;/h1H3;. The number of hydrogen-bond acceptors (Lipinski definition) is 3. The van der Waals surface area contributed by atoms with E-state index in [2.05, 4.69) is 4.18 Å². The van der Waals surface area contributed by atoms with E-state index in [1.807, 2.05) is 0 Å². The summed E-state index contributed by atoms with van der Waals surface area (Å²) < 4.78 is 32.3. The average Bonchev–Trinajstić information content (AvgIpc) is 1.35. The van der Waals surface area contributed by atoms with E-state index >= 15 is 0 Å². The Hall–Kier alpha value is 0.840. The molecule has 0 aromatic heterocycles. The fourth-order valence-electron chi connectivity index (χ4n) is 0. The molecule has 3 nitrogen and oxygen atoms in total. The Morgan fingerprint density at radius 1 is 1.57 bits per heavy atom. The molecule has 0 aromatic rings. The van der Waals surface area contributed by atoms with Crippen molar-refractivity contribution in [1.29, 1.82) is 0 Å². The fraction of sp³-hybridized carbons (Fsp3) is 1.00. The minimum atomic E-state index is -4.66. The Morgan fingerprint density at radius 3 is 1.71 bits per heavy atom. The summed E-state index contributed by atoms with van der Waals surface area (Å²) in [5, 5.41) is 0. The van der Waals surface area contributed by atoms with Crippen LogP contribution in [0.15, 0.2) is 0 Å². The zero-order valence-corrected chi connectivity index (χ0v) is 6.83. The molecule has 0 atom stereocenters. The van der Waals surface area contributed by atoms with E-state index < -0.39 is 10.5 Å². The van der Waals surface area contributed by atoms with Crippen LogP contribution < -0.4 is 0 Å². The van der Waals surface area contributed by atoms with Crippen molar-refractivity contribution >= 4 is 40.1 Å². The van der Waals surface area contributed by atoms with E-state index in [1.54, 1.807) is 0 Å². The molecule has 39 valence electrons. The second kappa shape index (κ2) is 3.80. The first-order chi connectivity index (χ1) is 2.56. The van der Waals surface area contributed by atoms with Gasteiger partial charge in [0.05, 0.1) is 7.11 Å². The van der Waals surface area contributed by atoms with Gasteiger partial charge in [-0.05, 0) is 0 Å². The van der Waals surface area contributed by atoms with Crippen LogP contribution >= 0.6 is 0 Å². The van der Waals surface area contributed by atoms with Crippen LogP contribution in [0.25, 0.3) is 0 Å². The summed E-state index contributed by atoms with van der Waals surface area (Å²) in [6.45, 7) is 0. The zero-order chi connectivity index (χ0) is 5.21. The zero-order valence-electron chi connectivity index (χ0n) is 4.01. The Morgan fingerprint density at radius 2 is 1.71 bits per heavy atom. The van der Waals surface area contributed by atoms with E-state index in [0.29, 0.717) is 0 Å². The molecule has 0 saturated carbocycles. The van der Waals surface area contributed by atoms with Crippen LogP contribution in [0.4, 0.5) is 3.89 Å². The number of halogens is 1. The molecular formula is CH3FNaO3S. The number of rotatable bonds is 1. The van der Waals surface area contributed by atoms with Gasteiger partial charge < -0.3 is 0 Å². The SMILES string of the molecule is COS(=O)(=O)F.[Na]. The van der Waals surface area contributed by atoms with Crippen LogP contribution in [0.5, 0.6) is 0 Å². The minimum Gasteiger partial charge on any atom is -0.248 e. The normalized spacial score (nSPS) is 10.0. The van der Waals surface area contributed by atoms with E-state index in [0.717, 1.165) is 7.11 Å². The predicted octanol–water partition coefficient (Wildman–Crippen LogP) is -0.534. The van der Waals surface area contributed by atoms with Gasteiger partial charge in [-0.15, -0.1) is 0 Å². The molecule has 0 aromatic carbocycles. The molecule has 0 fully saturated rings. The van der Waals surface area contributed by atoms with Crippen LogP contribution in [0, 0.1) is 0 Å². The van der Waals surface area contributed by atoms with Gasteiger partial charge in [0.15, 0.2) is 0 Å². The average molecular weight is 137 g/mol. The smallest absolute Gasteiger partial charge is 0.248 e. The van der Waals surface area contributed by atoms with Gasteiger partial charge in [0.25, 0.3) is 0 Å². The molecule has 0 rings (SSSR count). The molecular weight excluding hydrogens is 134 g/mol. The van der Waals surface area contributed by atoms with Crippen LogP contribution in [0.2, 0.25) is 0 Å². The molecule has 6 heteroatoms. The summed E-state index contributed by atoms with van der Waals surface area (Å²) in [5.41, 5.74) is 0. The molecule has 1 radical (unpaired) electrons. The molecule has 7 heavy (non-hydrogen) atoms. The molecule has 0 aliphatic carbocycles. The third kappa shape index (κ3) is 10.9. The summed E-state index contributed by atoms with van der Waals surface area (Å²) in [4.78, 5) is 0. The second-order valence-electron chi connectivity index (χ2n) is 0.560. The van der Waals surface area contributed by atoms with Crippen LogP contribution in [0.3, 0.4) is 0 Å². The van der Waals surface area contributed by atoms with Gasteiger partial charge in [-0.25, -0.2) is 4.18 Å². The predicted molar refractivity (Wildman–Crippen MR) is 22.8 cm³/mol. The van der Waals surface area contributed by atoms with Gasteiger partial charge >= 0.3 is 10.5 Å². The summed E-state index contributed by atoms with van der Waals surface area (Å²) in [7, 11) is -3.92. The Kier molecular flexibility index (Phi) is 5.83. The van der Waals surface area contributed by atoms with Crippen molar-refractivity contribution in [1.82, 2.24) is 0 Å². The third-order valence-electron chi connectivity index (χ3n) is 0.199. The van der Waals surface area contributed by atoms with E-state index in [1.165, 1.54) is 0 Å². The third-order valence-corrected chi connectivity index (χ3v) is 0.597. The summed E-state index contributed by atoms with van der Waals surface area (Å²) in [5.74, 6) is 0. The van der Waals surface area contributed by atoms with Gasteiger partial charge in [0.2, 0.25) is 0 Å². The van der Waals surface area contributed by atoms with Gasteiger partial charge in [-0.1, -0.05) is 3.89 Å². The molecule has 0 spiro atoms. The maximum absolute atomic E-state index is 10.9. The maximum Gasteiger partial charge on any atom is 0.437 e. The minimum absolute atomic E-state index is 0. The fourth-order valence-corrected chi connectivity index (χ4v) is 0. The second-order valence-corrected chi connectivity index (χ2v) is 1.68. The van der Waals surface area contributed by atoms with Gasteiger partial charge in [-0.3, -0.25) is 0 Å². The monoisotopic (exact) mass is 137 g/mol. The van der Waals surface area contributed by atoms with Crippen LogP contribution in [-0.4, -0.2) is 45.1 Å². The van der Waals surface area contributed by atoms with E-state index in [-0.39, 0.29) is 29.6 Å². The molecule has 0 amide bonds. The molecule has 0 bridgehead atoms. The van der Waals surface area contributed by atoms with Gasteiger partial charge in [0.1, 0.15) is 0 Å². The summed E-state index contributed by atoms with van der Waals surface area (Å²) in [6.07, 6.45) is 0. The van der Waals surface area contributed by atoms with Crippen molar-refractivity contribution in [2.24, 2.45) is 0 Å². The topological polar surface area (TPSA) is 43.4 Å². The van der Waals surface area contributed by atoms with Crippen molar-refractivity contribution in [2.45, 2.75) is 0 Å². The summed E-state index contributed by atoms with van der Waals surface area (Å²) >= 11 is 0. The van der Waals surface area contributed by atoms with Gasteiger partial charge in [-0.2, -0.15) is 8.42 Å². The van der Waals surface area contributed by atoms with Crippen LogP contribution in [0.1, 0.15) is 0 Å². The van der Waals surface area contributed by atoms with Crippen molar-refractivity contribution in [3.05, 3.63) is 0 Å². The first-order valence-corrected chi connectivity index (χ1v) is 2.37. The quantitative estimate of drug-likeness (QED) is 0.360. The molecule has 0 unspecified atom stereocenters. The molecule has 0 aliphatic heterocycles.